The molecule has 1 aliphatic heterocycles. The molecule has 1 unspecified atom stereocenters. The van der Waals surface area contributed by atoms with Crippen molar-refractivity contribution in [3.63, 3.8) is 0 Å². The van der Waals surface area contributed by atoms with E-state index in [1.807, 2.05) is 47.8 Å². The van der Waals surface area contributed by atoms with Gasteiger partial charge in [-0.25, -0.2) is 0 Å². The van der Waals surface area contributed by atoms with Crippen LogP contribution in [0.5, 0.6) is 5.75 Å². The molecule has 0 saturated carbocycles. The molecule has 1 N–H and O–H groups in total. The minimum atomic E-state index is -0.478. The monoisotopic (exact) mass is 299 g/mol. The van der Waals surface area contributed by atoms with E-state index < -0.39 is 6.10 Å². The van der Waals surface area contributed by atoms with E-state index in [-0.39, 0.29) is 4.58 Å². The molecule has 1 aromatic rings. The Balaban J connectivity index is 2.03. The molecular weight excluding hydrogens is 278 g/mol. The Hall–Kier alpha value is -0.360. The Labute approximate surface area is 123 Å². The molecule has 106 valence electrons. The Morgan fingerprint density at radius 1 is 1.26 bits per heavy atom. The zero-order valence-electron chi connectivity index (χ0n) is 11.6. The number of aliphatic hydroxyl groups is 1. The topological polar surface area (TPSA) is 32.7 Å². The summed E-state index contributed by atoms with van der Waals surface area (Å²) < 4.78 is 5.52. The number of aliphatic hydroxyl groups excluding tert-OH is 1. The summed E-state index contributed by atoms with van der Waals surface area (Å²) in [5.74, 6) is 2.90. The van der Waals surface area contributed by atoms with E-state index in [1.165, 1.54) is 0 Å². The molecule has 1 fully saturated rings. The average molecular weight is 299 g/mol. The zero-order valence-corrected chi connectivity index (χ0v) is 13.2. The van der Waals surface area contributed by atoms with Crippen LogP contribution in [0.25, 0.3) is 0 Å². The van der Waals surface area contributed by atoms with Crippen molar-refractivity contribution in [1.29, 1.82) is 0 Å². The van der Waals surface area contributed by atoms with Gasteiger partial charge in [-0.2, -0.15) is 0 Å². The first-order valence-electron chi connectivity index (χ1n) is 6.34. The highest BCUT2D eigenvalue weighted by Crippen LogP contribution is 2.42. The van der Waals surface area contributed by atoms with E-state index in [2.05, 4.69) is 19.0 Å². The molecule has 0 amide bonds. The molecule has 0 bridgehead atoms. The molecule has 1 aliphatic rings. The minimum Gasteiger partial charge on any atom is -0.496 e. The molecule has 1 aromatic carbocycles. The van der Waals surface area contributed by atoms with Crippen LogP contribution in [0.3, 0.4) is 0 Å². The summed E-state index contributed by atoms with van der Waals surface area (Å²) in [5.41, 5.74) is 0.887. The van der Waals surface area contributed by atoms with Crippen LogP contribution in [0.1, 0.15) is 11.7 Å². The Kier molecular flexibility index (Phi) is 5.45. The quantitative estimate of drug-likeness (QED) is 0.923. The van der Waals surface area contributed by atoms with Gasteiger partial charge in [0.2, 0.25) is 0 Å². The minimum absolute atomic E-state index is 0.187. The molecule has 1 saturated heterocycles. The van der Waals surface area contributed by atoms with Gasteiger partial charge in [0, 0.05) is 23.1 Å². The lowest BCUT2D eigenvalue weighted by molar-refractivity contribution is 0.190. The van der Waals surface area contributed by atoms with E-state index in [0.29, 0.717) is 6.04 Å². The number of benzene rings is 1. The van der Waals surface area contributed by atoms with Crippen molar-refractivity contribution in [1.82, 2.24) is 4.90 Å². The second-order valence-corrected chi connectivity index (χ2v) is 7.49. The van der Waals surface area contributed by atoms with Gasteiger partial charge in [0.15, 0.2) is 0 Å². The van der Waals surface area contributed by atoms with Gasteiger partial charge < -0.3 is 14.7 Å². The third-order valence-corrected chi connectivity index (χ3v) is 6.50. The summed E-state index contributed by atoms with van der Waals surface area (Å²) in [6.07, 6.45) is -0.478. The second-order valence-electron chi connectivity index (χ2n) is 4.84. The maximum Gasteiger partial charge on any atom is 0.124 e. The smallest absolute Gasteiger partial charge is 0.124 e. The fourth-order valence-corrected chi connectivity index (χ4v) is 5.36. The highest BCUT2D eigenvalue weighted by Gasteiger charge is 2.30. The first kappa shape index (κ1) is 15.0. The van der Waals surface area contributed by atoms with Crippen LogP contribution in [0.2, 0.25) is 0 Å². The van der Waals surface area contributed by atoms with Crippen LogP contribution in [-0.2, 0) is 0 Å². The van der Waals surface area contributed by atoms with Gasteiger partial charge in [-0.05, 0) is 20.2 Å². The Morgan fingerprint density at radius 3 is 2.47 bits per heavy atom. The summed E-state index contributed by atoms with van der Waals surface area (Å²) >= 11 is 3.68. The highest BCUT2D eigenvalue weighted by molar-refractivity contribution is 8.17. The molecule has 0 radical (unpaired) electrons. The van der Waals surface area contributed by atoms with Crippen LogP contribution < -0.4 is 4.74 Å². The van der Waals surface area contributed by atoms with Gasteiger partial charge >= 0.3 is 0 Å². The second kappa shape index (κ2) is 6.88. The third-order valence-electron chi connectivity index (χ3n) is 3.35. The number of hydrogen-bond donors (Lipinski definition) is 1. The van der Waals surface area contributed by atoms with Crippen LogP contribution >= 0.6 is 23.5 Å². The maximum atomic E-state index is 10.5. The van der Waals surface area contributed by atoms with E-state index >= 15 is 0 Å². The number of thioether (sulfide) groups is 2. The molecule has 5 heteroatoms. The SMILES string of the molecule is COc1ccccc1C(O)C1SCC(N(C)C)CS1. The largest absolute Gasteiger partial charge is 0.496 e. The van der Waals surface area contributed by atoms with Gasteiger partial charge in [-0.15, -0.1) is 23.5 Å². The van der Waals surface area contributed by atoms with Crippen molar-refractivity contribution in [2.24, 2.45) is 0 Å². The van der Waals surface area contributed by atoms with Gasteiger partial charge in [0.05, 0.1) is 11.7 Å². The average Bonchev–Trinajstić information content (AvgIpc) is 2.46. The van der Waals surface area contributed by atoms with Crippen molar-refractivity contribution in [3.8, 4) is 5.75 Å². The lowest BCUT2D eigenvalue weighted by atomic mass is 10.1. The predicted molar refractivity (Wildman–Crippen MR) is 84.1 cm³/mol. The van der Waals surface area contributed by atoms with E-state index in [9.17, 15) is 5.11 Å². The third kappa shape index (κ3) is 3.60. The number of para-hydroxylation sites is 1. The van der Waals surface area contributed by atoms with Crippen LogP contribution in [0, 0.1) is 0 Å². The summed E-state index contributed by atoms with van der Waals surface area (Å²) in [5, 5.41) is 10.5. The van der Waals surface area contributed by atoms with Crippen molar-refractivity contribution in [2.75, 3.05) is 32.7 Å². The number of methoxy groups -OCH3 is 1. The van der Waals surface area contributed by atoms with E-state index in [4.69, 9.17) is 4.74 Å². The van der Waals surface area contributed by atoms with Crippen LogP contribution in [0.4, 0.5) is 0 Å². The molecule has 1 heterocycles. The van der Waals surface area contributed by atoms with Crippen molar-refractivity contribution in [3.05, 3.63) is 29.8 Å². The summed E-state index contributed by atoms with van der Waals surface area (Å²) in [7, 11) is 5.88. The zero-order chi connectivity index (χ0) is 13.8. The molecule has 0 aromatic heterocycles. The van der Waals surface area contributed by atoms with Crippen molar-refractivity contribution >= 4 is 23.5 Å². The number of hydrogen-bond acceptors (Lipinski definition) is 5. The molecule has 0 spiro atoms. The van der Waals surface area contributed by atoms with Gasteiger partial charge in [-0.3, -0.25) is 0 Å². The number of ether oxygens (including phenoxy) is 1. The first-order valence-corrected chi connectivity index (χ1v) is 8.44. The normalized spacial score (nSPS) is 25.3. The van der Waals surface area contributed by atoms with E-state index in [0.717, 1.165) is 22.8 Å². The van der Waals surface area contributed by atoms with Crippen molar-refractivity contribution < 1.29 is 9.84 Å². The number of nitrogens with zero attached hydrogens (tertiary/aromatic N) is 1. The molecular formula is C14H21NO2S2. The highest BCUT2D eigenvalue weighted by atomic mass is 32.2. The Morgan fingerprint density at radius 2 is 1.89 bits per heavy atom. The Bertz CT molecular complexity index is 406. The fourth-order valence-electron chi connectivity index (χ4n) is 2.05. The van der Waals surface area contributed by atoms with Gasteiger partial charge in [-0.1, -0.05) is 18.2 Å². The number of rotatable bonds is 4. The summed E-state index contributed by atoms with van der Waals surface area (Å²) in [6, 6.07) is 8.32. The molecule has 19 heavy (non-hydrogen) atoms. The van der Waals surface area contributed by atoms with Crippen LogP contribution in [0.15, 0.2) is 24.3 Å². The molecule has 2 rings (SSSR count). The lowest BCUT2D eigenvalue weighted by Gasteiger charge is -2.34. The van der Waals surface area contributed by atoms with Crippen LogP contribution in [-0.4, -0.2) is 53.3 Å². The van der Waals surface area contributed by atoms with Crippen molar-refractivity contribution in [2.45, 2.75) is 16.7 Å². The first-order chi connectivity index (χ1) is 9.13. The maximum absolute atomic E-state index is 10.5. The molecule has 0 aliphatic carbocycles. The predicted octanol–water partition coefficient (Wildman–Crippen LogP) is 2.46. The van der Waals surface area contributed by atoms with Gasteiger partial charge in [0.1, 0.15) is 11.9 Å². The lowest BCUT2D eigenvalue weighted by Crippen LogP contribution is -2.37. The van der Waals surface area contributed by atoms with Gasteiger partial charge in [0.25, 0.3) is 0 Å². The summed E-state index contributed by atoms with van der Waals surface area (Å²) in [6.45, 7) is 0. The standard InChI is InChI=1S/C14H21NO2S2/c1-15(2)10-8-18-14(19-9-10)13(16)11-6-4-5-7-12(11)17-3/h4-7,10,13-14,16H,8-9H2,1-3H3. The molecule has 1 atom stereocenters. The summed E-state index contributed by atoms with van der Waals surface area (Å²) in [4.78, 5) is 2.26. The molecule has 3 nitrogen and oxygen atoms in total. The van der Waals surface area contributed by atoms with E-state index in [1.54, 1.807) is 7.11 Å². The fraction of sp³-hybridized carbons (Fsp3) is 0.571.